The van der Waals surface area contributed by atoms with Crippen LogP contribution < -0.4 is 0 Å². The molecule has 2 aromatic carbocycles. The van der Waals surface area contributed by atoms with E-state index in [1.54, 1.807) is 0 Å². The van der Waals surface area contributed by atoms with Crippen LogP contribution in [-0.4, -0.2) is 38.2 Å². The van der Waals surface area contributed by atoms with Crippen LogP contribution in [0.25, 0.3) is 0 Å². The molecule has 1 aliphatic rings. The normalized spacial score (nSPS) is 17.1. The van der Waals surface area contributed by atoms with E-state index in [0.717, 1.165) is 24.8 Å². The largest absolute Gasteiger partial charge is 0.290 e. The molecule has 27 heavy (non-hydrogen) atoms. The van der Waals surface area contributed by atoms with E-state index in [-0.39, 0.29) is 6.04 Å². The third-order valence-electron chi connectivity index (χ3n) is 5.56. The maximum absolute atomic E-state index is 4.47. The standard InChI is InChI=1S/C22H27N5/c1-17-8-10-20(11-9-17)21(26-14-12-18(2)13-15-26)22-23-24-25-27(22)16-19-6-4-3-5-7-19/h3-11,18,21H,12-16H2,1-2H3/t21-/m0/s1. The van der Waals surface area contributed by atoms with Crippen LogP contribution in [0.4, 0.5) is 0 Å². The first-order valence-electron chi connectivity index (χ1n) is 9.81. The zero-order chi connectivity index (χ0) is 18.6. The van der Waals surface area contributed by atoms with E-state index in [4.69, 9.17) is 0 Å². The molecule has 4 rings (SSSR count). The maximum Gasteiger partial charge on any atom is 0.173 e. The smallest absolute Gasteiger partial charge is 0.173 e. The van der Waals surface area contributed by atoms with E-state index in [1.807, 2.05) is 10.7 Å². The summed E-state index contributed by atoms with van der Waals surface area (Å²) < 4.78 is 1.96. The lowest BCUT2D eigenvalue weighted by Crippen LogP contribution is -2.38. The van der Waals surface area contributed by atoms with E-state index < -0.39 is 0 Å². The Labute approximate surface area is 161 Å². The lowest BCUT2D eigenvalue weighted by Gasteiger charge is -2.36. The van der Waals surface area contributed by atoms with Crippen LogP contribution in [-0.2, 0) is 6.54 Å². The summed E-state index contributed by atoms with van der Waals surface area (Å²) in [6.45, 7) is 7.32. The van der Waals surface area contributed by atoms with Gasteiger partial charge in [-0.25, -0.2) is 4.68 Å². The van der Waals surface area contributed by atoms with Crippen LogP contribution >= 0.6 is 0 Å². The molecule has 0 aliphatic carbocycles. The second-order valence-electron chi connectivity index (χ2n) is 7.71. The number of aryl methyl sites for hydroxylation is 1. The van der Waals surface area contributed by atoms with Crippen molar-refractivity contribution < 1.29 is 0 Å². The molecule has 0 N–H and O–H groups in total. The first-order chi connectivity index (χ1) is 13.2. The van der Waals surface area contributed by atoms with Crippen molar-refractivity contribution in [2.24, 2.45) is 5.92 Å². The van der Waals surface area contributed by atoms with E-state index in [2.05, 4.69) is 82.8 Å². The maximum atomic E-state index is 4.47. The van der Waals surface area contributed by atoms with Crippen molar-refractivity contribution in [2.75, 3.05) is 13.1 Å². The van der Waals surface area contributed by atoms with E-state index >= 15 is 0 Å². The predicted molar refractivity (Wildman–Crippen MR) is 106 cm³/mol. The Morgan fingerprint density at radius 3 is 2.41 bits per heavy atom. The van der Waals surface area contributed by atoms with Crippen molar-refractivity contribution in [3.8, 4) is 0 Å². The molecule has 2 heterocycles. The zero-order valence-corrected chi connectivity index (χ0v) is 16.1. The average Bonchev–Trinajstić information content (AvgIpc) is 3.13. The van der Waals surface area contributed by atoms with Gasteiger partial charge in [0, 0.05) is 0 Å². The summed E-state index contributed by atoms with van der Waals surface area (Å²) in [6, 6.07) is 19.3. The van der Waals surface area contributed by atoms with Crippen molar-refractivity contribution in [1.29, 1.82) is 0 Å². The van der Waals surface area contributed by atoms with Crippen molar-refractivity contribution in [2.45, 2.75) is 39.3 Å². The fraction of sp³-hybridized carbons (Fsp3) is 0.409. The summed E-state index contributed by atoms with van der Waals surface area (Å²) in [7, 11) is 0. The number of nitrogens with zero attached hydrogens (tertiary/aromatic N) is 5. The highest BCUT2D eigenvalue weighted by molar-refractivity contribution is 5.28. The summed E-state index contributed by atoms with van der Waals surface area (Å²) in [5.41, 5.74) is 3.74. The second kappa shape index (κ2) is 8.01. The monoisotopic (exact) mass is 361 g/mol. The molecule has 0 radical (unpaired) electrons. The van der Waals surface area contributed by atoms with Gasteiger partial charge in [0.15, 0.2) is 5.82 Å². The SMILES string of the molecule is Cc1ccc([C@@H](c2nnnn2Cc2ccccc2)N2CCC(C)CC2)cc1. The highest BCUT2D eigenvalue weighted by Crippen LogP contribution is 2.31. The topological polar surface area (TPSA) is 46.8 Å². The van der Waals surface area contributed by atoms with Crippen molar-refractivity contribution in [3.63, 3.8) is 0 Å². The van der Waals surface area contributed by atoms with Crippen molar-refractivity contribution >= 4 is 0 Å². The Bertz CT molecular complexity index is 848. The summed E-state index contributed by atoms with van der Waals surface area (Å²) >= 11 is 0. The highest BCUT2D eigenvalue weighted by Gasteiger charge is 2.30. The molecule has 0 saturated carbocycles. The van der Waals surface area contributed by atoms with Gasteiger partial charge in [-0.3, -0.25) is 4.90 Å². The molecule has 0 amide bonds. The van der Waals surface area contributed by atoms with Gasteiger partial charge < -0.3 is 0 Å². The third-order valence-corrected chi connectivity index (χ3v) is 5.56. The quantitative estimate of drug-likeness (QED) is 0.692. The minimum Gasteiger partial charge on any atom is -0.290 e. The Morgan fingerprint density at radius 2 is 1.70 bits per heavy atom. The van der Waals surface area contributed by atoms with Gasteiger partial charge in [0.25, 0.3) is 0 Å². The van der Waals surface area contributed by atoms with Gasteiger partial charge >= 0.3 is 0 Å². The summed E-state index contributed by atoms with van der Waals surface area (Å²) in [4.78, 5) is 2.54. The summed E-state index contributed by atoms with van der Waals surface area (Å²) in [5.74, 6) is 1.72. The Balaban J connectivity index is 1.69. The zero-order valence-electron chi connectivity index (χ0n) is 16.1. The molecule has 1 aliphatic heterocycles. The Kier molecular flexibility index (Phi) is 5.30. The summed E-state index contributed by atoms with van der Waals surface area (Å²) in [6.07, 6.45) is 2.45. The number of hydrogen-bond donors (Lipinski definition) is 0. The van der Waals surface area contributed by atoms with Crippen LogP contribution in [0.5, 0.6) is 0 Å². The molecule has 5 heteroatoms. The first-order valence-corrected chi connectivity index (χ1v) is 9.81. The average molecular weight is 361 g/mol. The van der Waals surface area contributed by atoms with E-state index in [0.29, 0.717) is 6.54 Å². The van der Waals surface area contributed by atoms with Crippen molar-refractivity contribution in [1.82, 2.24) is 25.1 Å². The molecule has 1 fully saturated rings. The summed E-state index contributed by atoms with van der Waals surface area (Å²) in [5, 5.41) is 12.8. The van der Waals surface area contributed by atoms with E-state index in [9.17, 15) is 0 Å². The number of piperidine rings is 1. The second-order valence-corrected chi connectivity index (χ2v) is 7.71. The van der Waals surface area contributed by atoms with Crippen LogP contribution in [0, 0.1) is 12.8 Å². The molecule has 1 atom stereocenters. The van der Waals surface area contributed by atoms with Crippen LogP contribution in [0.15, 0.2) is 54.6 Å². The molecule has 3 aromatic rings. The van der Waals surface area contributed by atoms with Crippen molar-refractivity contribution in [3.05, 3.63) is 77.1 Å². The van der Waals surface area contributed by atoms with Gasteiger partial charge in [0.05, 0.1) is 12.6 Å². The van der Waals surface area contributed by atoms with E-state index in [1.165, 1.54) is 29.5 Å². The fourth-order valence-corrected chi connectivity index (χ4v) is 3.84. The third kappa shape index (κ3) is 4.08. The minimum absolute atomic E-state index is 0.0943. The molecule has 1 saturated heterocycles. The first kappa shape index (κ1) is 17.9. The Hall–Kier alpha value is -2.53. The lowest BCUT2D eigenvalue weighted by atomic mass is 9.95. The number of benzene rings is 2. The number of aromatic nitrogens is 4. The molecular formula is C22H27N5. The number of likely N-dealkylation sites (tertiary alicyclic amines) is 1. The van der Waals surface area contributed by atoms with Crippen LogP contribution in [0.3, 0.4) is 0 Å². The highest BCUT2D eigenvalue weighted by atomic mass is 15.5. The molecule has 140 valence electrons. The molecule has 5 nitrogen and oxygen atoms in total. The molecule has 0 unspecified atom stereocenters. The molecule has 0 spiro atoms. The van der Waals surface area contributed by atoms with Gasteiger partial charge in [0.2, 0.25) is 0 Å². The van der Waals surface area contributed by atoms with Gasteiger partial charge in [0.1, 0.15) is 0 Å². The predicted octanol–water partition coefficient (Wildman–Crippen LogP) is 3.85. The van der Waals surface area contributed by atoms with Gasteiger partial charge in [-0.15, -0.1) is 5.10 Å². The fourth-order valence-electron chi connectivity index (χ4n) is 3.84. The minimum atomic E-state index is 0.0943. The molecular weight excluding hydrogens is 334 g/mol. The Morgan fingerprint density at radius 1 is 1.00 bits per heavy atom. The van der Waals surface area contributed by atoms with Gasteiger partial charge in [-0.2, -0.15) is 0 Å². The number of hydrogen-bond acceptors (Lipinski definition) is 4. The molecule has 0 bridgehead atoms. The number of tetrazole rings is 1. The van der Waals surface area contributed by atoms with Crippen LogP contribution in [0.2, 0.25) is 0 Å². The number of rotatable bonds is 5. The molecule has 1 aromatic heterocycles. The van der Waals surface area contributed by atoms with Gasteiger partial charge in [-0.05, 0) is 60.3 Å². The van der Waals surface area contributed by atoms with Crippen LogP contribution in [0.1, 0.15) is 48.3 Å². The lowest BCUT2D eigenvalue weighted by molar-refractivity contribution is 0.150. The van der Waals surface area contributed by atoms with Gasteiger partial charge in [-0.1, -0.05) is 67.1 Å².